The number of benzene rings is 1. The number of carbonyl (C=O) groups is 3. The highest BCUT2D eigenvalue weighted by molar-refractivity contribution is 5.89. The van der Waals surface area contributed by atoms with Gasteiger partial charge in [-0.3, -0.25) is 14.6 Å². The smallest absolute Gasteiger partial charge is 0.345 e. The van der Waals surface area contributed by atoms with E-state index in [0.717, 1.165) is 12.0 Å². The van der Waals surface area contributed by atoms with Crippen molar-refractivity contribution in [3.8, 4) is 17.1 Å². The molecule has 0 amide bonds. The monoisotopic (exact) mass is 673 g/mol. The van der Waals surface area contributed by atoms with Crippen LogP contribution < -0.4 is 10.4 Å². The van der Waals surface area contributed by atoms with Crippen LogP contribution in [0, 0.1) is 22.7 Å². The van der Waals surface area contributed by atoms with Gasteiger partial charge in [0.15, 0.2) is 0 Å². The van der Waals surface area contributed by atoms with Gasteiger partial charge in [-0.2, -0.15) is 0 Å². The number of aliphatic hydroxyl groups is 1. The molecule has 6 rings (SSSR count). The Labute approximate surface area is 284 Å². The van der Waals surface area contributed by atoms with Gasteiger partial charge < -0.3 is 28.5 Å². The maximum Gasteiger partial charge on any atom is 0.345 e. The molecule has 3 unspecified atom stereocenters. The molecule has 3 aromatic rings. The number of pyridine rings is 1. The van der Waals surface area contributed by atoms with Gasteiger partial charge in [-0.05, 0) is 73.8 Å². The lowest BCUT2D eigenvalue weighted by Crippen LogP contribution is -2.71. The van der Waals surface area contributed by atoms with Crippen LogP contribution in [0.2, 0.25) is 0 Å². The average Bonchev–Trinajstić information content (AvgIpc) is 3.06. The van der Waals surface area contributed by atoms with Crippen molar-refractivity contribution in [2.45, 2.75) is 91.1 Å². The predicted molar refractivity (Wildman–Crippen MR) is 176 cm³/mol. The molecule has 2 fully saturated rings. The van der Waals surface area contributed by atoms with Crippen molar-refractivity contribution in [3.63, 3.8) is 0 Å². The number of hydrogen-bond acceptors (Lipinski definition) is 11. The molecule has 11 heteroatoms. The molecule has 3 aliphatic rings. The minimum Gasteiger partial charge on any atom is -0.482 e. The zero-order valence-corrected chi connectivity index (χ0v) is 28.7. The number of ether oxygens (including phenoxy) is 4. The number of aromatic nitrogens is 1. The predicted octanol–water partition coefficient (Wildman–Crippen LogP) is 5.61. The highest BCUT2D eigenvalue weighted by Gasteiger charge is 2.71. The maximum absolute atomic E-state index is 13.8. The molecule has 2 aromatic heterocycles. The molecule has 1 aliphatic heterocycles. The lowest BCUT2D eigenvalue weighted by molar-refractivity contribution is -0.266. The third-order valence-corrected chi connectivity index (χ3v) is 11.3. The summed E-state index contributed by atoms with van der Waals surface area (Å²) in [6.45, 7) is 10.3. The molecule has 49 heavy (non-hydrogen) atoms. The van der Waals surface area contributed by atoms with Crippen LogP contribution in [0.4, 0.5) is 0 Å². The third kappa shape index (κ3) is 5.92. The molecule has 260 valence electrons. The Morgan fingerprint density at radius 3 is 2.39 bits per heavy atom. The lowest BCUT2D eigenvalue weighted by Gasteiger charge is -2.66. The summed E-state index contributed by atoms with van der Waals surface area (Å²) in [5, 5.41) is 12.3. The van der Waals surface area contributed by atoms with Gasteiger partial charge in [-0.25, -0.2) is 9.59 Å². The Morgan fingerprint density at radius 1 is 1.02 bits per heavy atom. The van der Waals surface area contributed by atoms with Crippen LogP contribution in [0.3, 0.4) is 0 Å². The first-order chi connectivity index (χ1) is 23.2. The fourth-order valence-electron chi connectivity index (χ4n) is 8.91. The molecule has 0 bridgehead atoms. The molecule has 0 saturated heterocycles. The minimum absolute atomic E-state index is 0.0268. The first-order valence-electron chi connectivity index (χ1n) is 16.8. The SMILES string of the molecule is CCc1ccc(C(=O)O[C@H]2CC3[C@](C)(CC[C@H](OC(C)=O)[C@]3(C)COC(C)=O)C3C(O)c4c(cc(-c5cccnc5)oc4=O)O[C@@]32C)cc1. The zero-order chi connectivity index (χ0) is 35.3. The van der Waals surface area contributed by atoms with E-state index in [4.69, 9.17) is 23.4 Å². The van der Waals surface area contributed by atoms with Gasteiger partial charge in [-0.1, -0.05) is 32.9 Å². The molecule has 2 saturated carbocycles. The van der Waals surface area contributed by atoms with Crippen LogP contribution in [0.25, 0.3) is 11.3 Å². The largest absolute Gasteiger partial charge is 0.482 e. The van der Waals surface area contributed by atoms with E-state index in [1.165, 1.54) is 13.8 Å². The average molecular weight is 674 g/mol. The number of rotatable bonds is 7. The molecule has 0 radical (unpaired) electrons. The number of aryl methyl sites for hydroxylation is 1. The second-order valence-corrected chi connectivity index (χ2v) is 14.3. The van der Waals surface area contributed by atoms with Gasteiger partial charge in [0.05, 0.1) is 11.7 Å². The summed E-state index contributed by atoms with van der Waals surface area (Å²) in [7, 11) is 0. The maximum atomic E-state index is 13.8. The second-order valence-electron chi connectivity index (χ2n) is 14.3. The van der Waals surface area contributed by atoms with Crippen LogP contribution in [0.15, 0.2) is 64.1 Å². The summed E-state index contributed by atoms with van der Waals surface area (Å²) in [4.78, 5) is 56.1. The molecule has 8 atom stereocenters. The molecule has 11 nitrogen and oxygen atoms in total. The van der Waals surface area contributed by atoms with Crippen LogP contribution >= 0.6 is 0 Å². The first-order valence-corrected chi connectivity index (χ1v) is 16.8. The fraction of sp³-hybridized carbons (Fsp3) is 0.500. The summed E-state index contributed by atoms with van der Waals surface area (Å²) in [6, 6.07) is 12.2. The van der Waals surface area contributed by atoms with E-state index in [-0.39, 0.29) is 30.1 Å². The number of carbonyl (C=O) groups excluding carboxylic acids is 3. The number of fused-ring (bicyclic) bond motifs is 4. The summed E-state index contributed by atoms with van der Waals surface area (Å²) in [5.41, 5.74) is -1.87. The van der Waals surface area contributed by atoms with E-state index in [1.54, 1.807) is 42.7 Å². The van der Waals surface area contributed by atoms with E-state index in [1.807, 2.05) is 39.8 Å². The zero-order valence-electron chi connectivity index (χ0n) is 28.7. The van der Waals surface area contributed by atoms with E-state index < -0.39 is 70.1 Å². The van der Waals surface area contributed by atoms with Crippen LogP contribution in [-0.2, 0) is 30.2 Å². The normalized spacial score (nSPS) is 31.6. The molecule has 0 spiro atoms. The van der Waals surface area contributed by atoms with Crippen molar-refractivity contribution in [2.75, 3.05) is 6.61 Å². The minimum atomic E-state index is -1.38. The lowest BCUT2D eigenvalue weighted by atomic mass is 9.42. The Bertz CT molecular complexity index is 1810. The van der Waals surface area contributed by atoms with E-state index in [9.17, 15) is 24.3 Å². The molecule has 3 heterocycles. The standard InChI is InChI=1S/C38H43NO10/c1-7-23-10-12-24(13-11-23)34(43)48-30-18-28-36(4,15-14-29(46-22(3)41)37(28,5)20-45-21(2)40)33-32(42)31-27(49-38(30,33)6)17-26(47-35(31)44)25-9-8-16-39-19-25/h8-13,16-17,19,28-30,32-33,42H,7,14-15,18,20H2,1-6H3/t28?,29-,30-,32?,33?,36-,37+,38+/m0/s1. The van der Waals surface area contributed by atoms with E-state index in [0.29, 0.717) is 24.0 Å². The van der Waals surface area contributed by atoms with Crippen molar-refractivity contribution in [2.24, 2.45) is 22.7 Å². The van der Waals surface area contributed by atoms with Gasteiger partial charge in [0.2, 0.25) is 0 Å². The Morgan fingerprint density at radius 2 is 1.76 bits per heavy atom. The van der Waals surface area contributed by atoms with Gasteiger partial charge in [0.25, 0.3) is 0 Å². The second kappa shape index (κ2) is 12.7. The van der Waals surface area contributed by atoms with E-state index in [2.05, 4.69) is 4.98 Å². The third-order valence-electron chi connectivity index (χ3n) is 11.3. The highest BCUT2D eigenvalue weighted by Crippen LogP contribution is 2.67. The number of esters is 3. The Kier molecular flexibility index (Phi) is 8.94. The number of nitrogens with zero attached hydrogens (tertiary/aromatic N) is 1. The van der Waals surface area contributed by atoms with Crippen LogP contribution in [0.5, 0.6) is 5.75 Å². The topological polar surface area (TPSA) is 151 Å². The molecule has 1 aromatic carbocycles. The Hall–Kier alpha value is -4.51. The molecular formula is C38H43NO10. The highest BCUT2D eigenvalue weighted by atomic mass is 16.6. The van der Waals surface area contributed by atoms with Gasteiger partial charge in [0.1, 0.15) is 41.5 Å². The van der Waals surface area contributed by atoms with Crippen LogP contribution in [-0.4, -0.2) is 52.4 Å². The molecular weight excluding hydrogens is 630 g/mol. The number of hydrogen-bond donors (Lipinski definition) is 1. The fourth-order valence-corrected chi connectivity index (χ4v) is 8.91. The van der Waals surface area contributed by atoms with Crippen molar-refractivity contribution in [1.82, 2.24) is 4.98 Å². The summed E-state index contributed by atoms with van der Waals surface area (Å²) >= 11 is 0. The van der Waals surface area contributed by atoms with Gasteiger partial charge in [-0.15, -0.1) is 0 Å². The van der Waals surface area contributed by atoms with Crippen molar-refractivity contribution >= 4 is 17.9 Å². The van der Waals surface area contributed by atoms with Crippen molar-refractivity contribution in [1.29, 1.82) is 0 Å². The summed E-state index contributed by atoms with van der Waals surface area (Å²) < 4.78 is 30.3. The summed E-state index contributed by atoms with van der Waals surface area (Å²) in [6.07, 6.45) is 2.11. The Balaban J connectivity index is 1.49. The quantitative estimate of drug-likeness (QED) is 0.246. The van der Waals surface area contributed by atoms with Gasteiger partial charge in [0, 0.05) is 49.2 Å². The van der Waals surface area contributed by atoms with Gasteiger partial charge >= 0.3 is 23.5 Å². The van der Waals surface area contributed by atoms with Crippen molar-refractivity contribution in [3.05, 3.63) is 82.0 Å². The molecule has 1 N–H and O–H groups in total. The molecule has 2 aliphatic carbocycles. The summed E-state index contributed by atoms with van der Waals surface area (Å²) in [5.74, 6) is -2.42. The first kappa shape index (κ1) is 34.4. The van der Waals surface area contributed by atoms with Crippen molar-refractivity contribution < 1.29 is 42.9 Å². The number of aliphatic hydroxyl groups excluding tert-OH is 1. The van der Waals surface area contributed by atoms with Crippen LogP contribution in [0.1, 0.15) is 88.4 Å². The van der Waals surface area contributed by atoms with E-state index >= 15 is 0 Å².